The number of benzene rings is 7. The van der Waals surface area contributed by atoms with E-state index in [0.29, 0.717) is 27.7 Å². The van der Waals surface area contributed by atoms with Crippen molar-refractivity contribution in [2.24, 2.45) is 0 Å². The minimum absolute atomic E-state index is 0.0374. The molecule has 7 aromatic rings. The van der Waals surface area contributed by atoms with Crippen LogP contribution in [0.25, 0.3) is 53.9 Å². The average molecular weight is 424 g/mol. The molecular weight excluding hydrogens is 408 g/mol. The third-order valence-corrected chi connectivity index (χ3v) is 6.61. The molecule has 0 bridgehead atoms. The van der Waals surface area contributed by atoms with Gasteiger partial charge in [0.2, 0.25) is 0 Å². The highest BCUT2D eigenvalue weighted by molar-refractivity contribution is 6.38. The van der Waals surface area contributed by atoms with E-state index in [1.807, 2.05) is 91.0 Å². The fraction of sp³-hybridized carbons (Fsp3) is 0. The van der Waals surface area contributed by atoms with Crippen molar-refractivity contribution in [1.29, 1.82) is 0 Å². The normalized spacial score (nSPS) is 11.9. The number of ether oxygens (including phenoxy) is 1. The zero-order valence-corrected chi connectivity index (χ0v) is 17.5. The van der Waals surface area contributed by atoms with Crippen LogP contribution < -0.4 is 15.6 Å². The molecule has 0 N–H and O–H groups in total. The Bertz CT molecular complexity index is 1970. The maximum atomic E-state index is 13.3. The first-order valence-electron chi connectivity index (χ1n) is 10.9. The van der Waals surface area contributed by atoms with Crippen molar-refractivity contribution in [3.05, 3.63) is 118 Å². The Kier molecular flexibility index (Phi) is 3.57. The lowest BCUT2D eigenvalue weighted by Gasteiger charge is -2.17. The Labute approximate surface area is 187 Å². The molecule has 0 unspecified atom stereocenters. The van der Waals surface area contributed by atoms with Crippen LogP contribution in [-0.2, 0) is 0 Å². The molecule has 7 rings (SSSR count). The highest BCUT2D eigenvalue weighted by atomic mass is 16.5. The molecule has 33 heavy (non-hydrogen) atoms. The van der Waals surface area contributed by atoms with Gasteiger partial charge in [0, 0.05) is 21.5 Å². The Morgan fingerprint density at radius 2 is 1.00 bits per heavy atom. The van der Waals surface area contributed by atoms with E-state index in [1.54, 1.807) is 6.07 Å². The Morgan fingerprint density at radius 1 is 0.424 bits per heavy atom. The summed E-state index contributed by atoms with van der Waals surface area (Å²) >= 11 is 0. The van der Waals surface area contributed by atoms with E-state index in [1.165, 1.54) is 0 Å². The lowest BCUT2D eigenvalue weighted by molar-refractivity contribution is 0.488. The fourth-order valence-corrected chi connectivity index (χ4v) is 5.26. The van der Waals surface area contributed by atoms with Crippen molar-refractivity contribution in [2.45, 2.75) is 0 Å². The summed E-state index contributed by atoms with van der Waals surface area (Å²) in [7, 11) is 0. The van der Waals surface area contributed by atoms with Gasteiger partial charge in [-0.05, 0) is 63.3 Å². The molecule has 0 saturated heterocycles. The molecule has 0 atom stereocenters. The number of rotatable bonds is 2. The van der Waals surface area contributed by atoms with Crippen molar-refractivity contribution in [2.75, 3.05) is 0 Å². The molecule has 3 heteroatoms. The topological polar surface area (TPSA) is 43.4 Å². The molecule has 0 fully saturated rings. The van der Waals surface area contributed by atoms with Gasteiger partial charge in [-0.3, -0.25) is 9.59 Å². The summed E-state index contributed by atoms with van der Waals surface area (Å²) < 4.78 is 6.17. The molecule has 0 aliphatic carbocycles. The highest BCUT2D eigenvalue weighted by Gasteiger charge is 2.20. The van der Waals surface area contributed by atoms with E-state index < -0.39 is 0 Å². The van der Waals surface area contributed by atoms with Crippen LogP contribution in [0.3, 0.4) is 0 Å². The first-order valence-corrected chi connectivity index (χ1v) is 10.9. The van der Waals surface area contributed by atoms with Crippen molar-refractivity contribution in [1.82, 2.24) is 0 Å². The molecule has 0 heterocycles. The summed E-state index contributed by atoms with van der Waals surface area (Å²) in [5.41, 5.74) is -0.0442. The van der Waals surface area contributed by atoms with Crippen LogP contribution in [0.1, 0.15) is 0 Å². The van der Waals surface area contributed by atoms with E-state index in [4.69, 9.17) is 4.74 Å². The van der Waals surface area contributed by atoms with E-state index in [9.17, 15) is 9.59 Å². The van der Waals surface area contributed by atoms with Crippen LogP contribution in [0.4, 0.5) is 0 Å². The predicted octanol–water partition coefficient (Wildman–Crippen LogP) is 6.84. The summed E-state index contributed by atoms with van der Waals surface area (Å²) in [5, 5.41) is 8.57. The highest BCUT2D eigenvalue weighted by Crippen LogP contribution is 2.43. The first-order chi connectivity index (χ1) is 16.2. The van der Waals surface area contributed by atoms with Gasteiger partial charge in [0.15, 0.2) is 10.9 Å². The monoisotopic (exact) mass is 424 g/mol. The molecule has 0 spiro atoms. The second-order valence-corrected chi connectivity index (χ2v) is 8.37. The third-order valence-electron chi connectivity index (χ3n) is 6.61. The quantitative estimate of drug-likeness (QED) is 0.225. The zero-order valence-electron chi connectivity index (χ0n) is 17.5. The van der Waals surface area contributed by atoms with Crippen LogP contribution in [-0.4, -0.2) is 0 Å². The van der Waals surface area contributed by atoms with Crippen molar-refractivity contribution >= 4 is 53.9 Å². The van der Waals surface area contributed by atoms with Gasteiger partial charge in [0.05, 0.1) is 5.39 Å². The van der Waals surface area contributed by atoms with E-state index in [2.05, 4.69) is 0 Å². The minimum atomic E-state index is -0.0816. The van der Waals surface area contributed by atoms with Gasteiger partial charge in [-0.1, -0.05) is 60.7 Å². The molecule has 3 nitrogen and oxygen atoms in total. The molecule has 154 valence electrons. The Morgan fingerprint density at radius 3 is 1.85 bits per heavy atom. The molecule has 0 saturated carbocycles. The molecule has 0 radical (unpaired) electrons. The van der Waals surface area contributed by atoms with E-state index in [0.717, 1.165) is 37.7 Å². The SMILES string of the molecule is O=c1c2ccccc2c2c3ccc(=O)c4c(Oc5ccccc5)ccc(c5cccc1c52)c43. The van der Waals surface area contributed by atoms with Crippen molar-refractivity contribution in [3.63, 3.8) is 0 Å². The summed E-state index contributed by atoms with van der Waals surface area (Å²) in [6.07, 6.45) is 0. The smallest absolute Gasteiger partial charge is 0.194 e. The maximum Gasteiger partial charge on any atom is 0.194 e. The number of hydrogen-bond acceptors (Lipinski definition) is 3. The van der Waals surface area contributed by atoms with Crippen LogP contribution >= 0.6 is 0 Å². The Balaban J connectivity index is 1.76. The van der Waals surface area contributed by atoms with E-state index >= 15 is 0 Å². The molecule has 7 aromatic carbocycles. The molecule has 0 aliphatic heterocycles. The third kappa shape index (κ3) is 2.39. The maximum absolute atomic E-state index is 13.3. The lowest BCUT2D eigenvalue weighted by Crippen LogP contribution is -2.06. The largest absolute Gasteiger partial charge is 0.457 e. The molecule has 0 aromatic heterocycles. The van der Waals surface area contributed by atoms with Crippen LogP contribution in [0.5, 0.6) is 11.5 Å². The fourth-order valence-electron chi connectivity index (χ4n) is 5.26. The molecule has 0 amide bonds. The second-order valence-electron chi connectivity index (χ2n) is 8.37. The van der Waals surface area contributed by atoms with Gasteiger partial charge in [-0.2, -0.15) is 0 Å². The van der Waals surface area contributed by atoms with Gasteiger partial charge in [-0.15, -0.1) is 0 Å². The summed E-state index contributed by atoms with van der Waals surface area (Å²) in [4.78, 5) is 26.5. The van der Waals surface area contributed by atoms with Crippen molar-refractivity contribution < 1.29 is 4.74 Å². The Hall–Kier alpha value is -4.50. The van der Waals surface area contributed by atoms with E-state index in [-0.39, 0.29) is 10.9 Å². The van der Waals surface area contributed by atoms with Crippen LogP contribution in [0, 0.1) is 0 Å². The summed E-state index contributed by atoms with van der Waals surface area (Å²) in [6.45, 7) is 0. The molecular formula is C30H16O3. The van der Waals surface area contributed by atoms with Gasteiger partial charge in [0.25, 0.3) is 0 Å². The van der Waals surface area contributed by atoms with Gasteiger partial charge >= 0.3 is 0 Å². The number of hydrogen-bond donors (Lipinski definition) is 0. The second kappa shape index (κ2) is 6.50. The van der Waals surface area contributed by atoms with Crippen molar-refractivity contribution in [3.8, 4) is 11.5 Å². The standard InChI is InChI=1S/C30H16O3/c31-24-15-13-22-26-19-9-4-5-10-21(19)30(32)23-12-6-11-18(28(23)26)20-14-16-25(29(24)27(20)22)33-17-7-2-1-3-8-17/h1-16H. The minimum Gasteiger partial charge on any atom is -0.457 e. The number of para-hydroxylation sites is 1. The molecule has 0 aliphatic rings. The van der Waals surface area contributed by atoms with Crippen LogP contribution in [0.15, 0.2) is 107 Å². The van der Waals surface area contributed by atoms with Gasteiger partial charge in [0.1, 0.15) is 11.5 Å². The van der Waals surface area contributed by atoms with Gasteiger partial charge in [-0.25, -0.2) is 0 Å². The average Bonchev–Trinajstić information content (AvgIpc) is 2.86. The van der Waals surface area contributed by atoms with Crippen LogP contribution in [0.2, 0.25) is 0 Å². The summed E-state index contributed by atoms with van der Waals surface area (Å²) in [6, 6.07) is 30.4. The van der Waals surface area contributed by atoms with Gasteiger partial charge < -0.3 is 4.74 Å². The zero-order chi connectivity index (χ0) is 22.1. The lowest BCUT2D eigenvalue weighted by atomic mass is 9.86. The predicted molar refractivity (Wildman–Crippen MR) is 135 cm³/mol. The number of fused-ring (bicyclic) bond motifs is 4. The first kappa shape index (κ1) is 18.1. The summed E-state index contributed by atoms with van der Waals surface area (Å²) in [5.74, 6) is 1.21.